The highest BCUT2D eigenvalue weighted by molar-refractivity contribution is 5.98. The average molecular weight is 1120 g/mol. The number of para-hydroxylation sites is 1. The zero-order valence-corrected chi connectivity index (χ0v) is 45.4. The molecule has 0 unspecified atom stereocenters. The van der Waals surface area contributed by atoms with E-state index in [4.69, 9.17) is 40.1 Å². The molecule has 2 fully saturated rings. The van der Waals surface area contributed by atoms with Crippen molar-refractivity contribution in [1.29, 1.82) is 0 Å². The van der Waals surface area contributed by atoms with Crippen LogP contribution in [0.1, 0.15) is 90.0 Å². The summed E-state index contributed by atoms with van der Waals surface area (Å²) in [6, 6.07) is -2.65. The van der Waals surface area contributed by atoms with Crippen LogP contribution in [0.5, 0.6) is 0 Å². The van der Waals surface area contributed by atoms with Gasteiger partial charge in [0.25, 0.3) is 0 Å². The predicted octanol–water partition coefficient (Wildman–Crippen LogP) is -5.16. The number of carbonyl (C=O) groups is 9. The summed E-state index contributed by atoms with van der Waals surface area (Å²) in [5.41, 5.74) is 39.9. The Balaban J connectivity index is 1.46. The van der Waals surface area contributed by atoms with E-state index in [2.05, 4.69) is 51.9 Å². The number of hydrogen-bond acceptors (Lipinski definition) is 14. The van der Waals surface area contributed by atoms with Crippen LogP contribution in [0.25, 0.3) is 10.9 Å². The lowest BCUT2D eigenvalue weighted by molar-refractivity contribution is -0.144. The van der Waals surface area contributed by atoms with E-state index in [-0.39, 0.29) is 114 Å². The molecule has 2 aliphatic heterocycles. The predicted molar refractivity (Wildman–Crippen MR) is 296 cm³/mol. The molecule has 23 N–H and O–H groups in total. The topological polar surface area (TPSA) is 508 Å². The number of aliphatic carboxylic acids is 1. The number of aromatic nitrogens is 1. The van der Waals surface area contributed by atoms with E-state index >= 15 is 0 Å². The van der Waals surface area contributed by atoms with Crippen LogP contribution in [0.3, 0.4) is 0 Å². The summed E-state index contributed by atoms with van der Waals surface area (Å²) in [7, 11) is 0. The third-order valence-electron chi connectivity index (χ3n) is 13.4. The van der Waals surface area contributed by atoms with Gasteiger partial charge in [0.15, 0.2) is 17.9 Å². The largest absolute Gasteiger partial charge is 0.480 e. The highest BCUT2D eigenvalue weighted by Gasteiger charge is 2.41. The van der Waals surface area contributed by atoms with Gasteiger partial charge in [-0.1, -0.05) is 32.0 Å². The maximum Gasteiger partial charge on any atom is 0.326 e. The number of aliphatic imine (C=N–C) groups is 3. The first-order valence-electron chi connectivity index (χ1n) is 26.7. The van der Waals surface area contributed by atoms with Gasteiger partial charge in [-0.15, -0.1) is 0 Å². The number of aliphatic hydroxyl groups is 1. The third-order valence-corrected chi connectivity index (χ3v) is 13.4. The van der Waals surface area contributed by atoms with Crippen molar-refractivity contribution in [3.63, 3.8) is 0 Å². The highest BCUT2D eigenvalue weighted by Crippen LogP contribution is 2.23. The van der Waals surface area contributed by atoms with Gasteiger partial charge in [0.05, 0.1) is 19.2 Å². The summed E-state index contributed by atoms with van der Waals surface area (Å²) in [5.74, 6) is -7.76. The average Bonchev–Trinajstić information content (AvgIpc) is 4.28. The molecule has 2 aromatic rings. The minimum absolute atomic E-state index is 0.00939. The number of H-pyrrole nitrogens is 1. The number of fused-ring (bicyclic) bond motifs is 1. The molecule has 0 radical (unpaired) electrons. The highest BCUT2D eigenvalue weighted by atomic mass is 16.4. The summed E-state index contributed by atoms with van der Waals surface area (Å²) >= 11 is 0. The van der Waals surface area contributed by atoms with Crippen LogP contribution in [-0.4, -0.2) is 190 Å². The second-order valence-corrected chi connectivity index (χ2v) is 20.1. The molecular formula is C50H81N19O11. The van der Waals surface area contributed by atoms with Crippen molar-refractivity contribution in [3.8, 4) is 0 Å². The molecule has 3 heterocycles. The molecule has 2 saturated heterocycles. The smallest absolute Gasteiger partial charge is 0.326 e. The molecular weight excluding hydrogens is 1040 g/mol. The van der Waals surface area contributed by atoms with E-state index in [1.54, 1.807) is 38.2 Å². The van der Waals surface area contributed by atoms with Gasteiger partial charge in [0.2, 0.25) is 47.3 Å². The molecule has 30 nitrogen and oxygen atoms in total. The first kappa shape index (κ1) is 64.2. The second kappa shape index (κ2) is 32.0. The summed E-state index contributed by atoms with van der Waals surface area (Å²) in [6.07, 6.45) is 3.98. The number of rotatable bonds is 32. The zero-order valence-electron chi connectivity index (χ0n) is 45.4. The van der Waals surface area contributed by atoms with Crippen molar-refractivity contribution in [2.24, 2.45) is 61.0 Å². The number of aliphatic hydroxyl groups excluding tert-OH is 1. The van der Waals surface area contributed by atoms with E-state index < -0.39 is 115 Å². The van der Waals surface area contributed by atoms with Crippen molar-refractivity contribution in [1.82, 2.24) is 46.7 Å². The van der Waals surface area contributed by atoms with Gasteiger partial charge in [-0.05, 0) is 88.2 Å². The van der Waals surface area contributed by atoms with Gasteiger partial charge in [-0.2, -0.15) is 0 Å². The van der Waals surface area contributed by atoms with E-state index in [1.807, 2.05) is 6.07 Å². The molecule has 0 saturated carbocycles. The molecule has 4 rings (SSSR count). The Hall–Kier alpha value is -8.28. The molecule has 0 aliphatic carbocycles. The number of carboxylic acids is 1. The molecule has 0 spiro atoms. The van der Waals surface area contributed by atoms with E-state index in [9.17, 15) is 53.4 Å². The lowest BCUT2D eigenvalue weighted by atomic mass is 10.0. The normalized spacial score (nSPS) is 17.2. The Morgan fingerprint density at radius 1 is 0.650 bits per heavy atom. The standard InChI is InChI=1S/C50H81N19O11/c1-27(2)22-34(41(73)65-33(47(79)80)14-7-19-60-50(56)57)66-44(76)38-16-9-21-69(38)46(78)36(26-70)67-42(74)35(23-28-24-61-31-12-4-3-10-29(28)31)63-39(71)25-62-43(75)37-15-8-20-68(37)45(77)32(13-6-18-59-49(54)55)64-40(72)30(51)11-5-17-58-48(52)53/h3-4,10,12,24,27,30,32-38,61,70H,5-9,11,13-23,25-26,51H2,1-2H3,(H,62,75)(H,63,71)(H,64,72)(H,65,73)(H,66,76)(H,67,74)(H,79,80)(H4,52,53,58)(H4,54,55,59)(H4,56,57,60)/t30-,32-,33-,34-,35-,36-,37-,38-/m0/s1. The van der Waals surface area contributed by atoms with Crippen LogP contribution >= 0.6 is 0 Å². The zero-order chi connectivity index (χ0) is 59.1. The molecule has 8 atom stereocenters. The molecule has 80 heavy (non-hydrogen) atoms. The number of carboxylic acid groups (broad SMARTS) is 1. The van der Waals surface area contributed by atoms with Crippen molar-refractivity contribution in [2.45, 2.75) is 139 Å². The number of likely N-dealkylation sites (tertiary alicyclic amines) is 2. The second-order valence-electron chi connectivity index (χ2n) is 20.1. The molecule has 2 aliphatic rings. The minimum atomic E-state index is -1.61. The first-order chi connectivity index (χ1) is 38.0. The Morgan fingerprint density at radius 3 is 1.73 bits per heavy atom. The first-order valence-corrected chi connectivity index (χ1v) is 26.7. The van der Waals surface area contributed by atoms with Gasteiger partial charge in [0.1, 0.15) is 42.3 Å². The number of nitrogens with two attached hydrogens (primary N) is 7. The maximum absolute atomic E-state index is 14.3. The molecule has 1 aromatic heterocycles. The van der Waals surface area contributed by atoms with Crippen LogP contribution in [0.15, 0.2) is 45.4 Å². The van der Waals surface area contributed by atoms with Crippen LogP contribution in [0, 0.1) is 5.92 Å². The lowest BCUT2D eigenvalue weighted by Gasteiger charge is -2.30. The van der Waals surface area contributed by atoms with Crippen LogP contribution in [0.4, 0.5) is 0 Å². The molecule has 1 aromatic carbocycles. The number of aromatic amines is 1. The lowest BCUT2D eigenvalue weighted by Crippen LogP contribution is -2.60. The number of carbonyl (C=O) groups excluding carboxylic acids is 8. The van der Waals surface area contributed by atoms with E-state index in [0.29, 0.717) is 24.8 Å². The number of hydrogen-bond donors (Lipinski definition) is 16. The fraction of sp³-hybridized carbons (Fsp3) is 0.600. The van der Waals surface area contributed by atoms with Crippen molar-refractivity contribution < 1.29 is 53.4 Å². The SMILES string of the molecule is CC(C)C[C@H](NC(=O)[C@@H]1CCCN1C(=O)[C@H](CO)NC(=O)[C@H](Cc1c[nH]c2ccccc12)NC(=O)CNC(=O)[C@@H]1CCCN1C(=O)[C@H](CCCN=C(N)N)NC(=O)[C@@H](N)CCCN=C(N)N)C(=O)N[C@@H](CCCN=C(N)N)C(=O)O. The quantitative estimate of drug-likeness (QED) is 0.0185. The molecule has 442 valence electrons. The summed E-state index contributed by atoms with van der Waals surface area (Å²) in [5, 5.41) is 36.7. The Kier molecular flexibility index (Phi) is 25.7. The number of nitrogens with one attached hydrogen (secondary N) is 7. The number of benzene rings is 1. The van der Waals surface area contributed by atoms with E-state index in [0.717, 1.165) is 10.9 Å². The van der Waals surface area contributed by atoms with Crippen LogP contribution < -0.4 is 72.0 Å². The van der Waals surface area contributed by atoms with Gasteiger partial charge in [-0.25, -0.2) is 4.79 Å². The summed E-state index contributed by atoms with van der Waals surface area (Å²) in [4.78, 5) is 140. The van der Waals surface area contributed by atoms with Crippen molar-refractivity contribution in [3.05, 3.63) is 36.0 Å². The third kappa shape index (κ3) is 20.2. The van der Waals surface area contributed by atoms with Gasteiger partial charge in [0, 0.05) is 56.2 Å². The number of guanidine groups is 3. The van der Waals surface area contributed by atoms with Gasteiger partial charge < -0.3 is 97.0 Å². The molecule has 30 heteroatoms. The fourth-order valence-corrected chi connectivity index (χ4v) is 9.42. The van der Waals surface area contributed by atoms with Crippen LogP contribution in [-0.2, 0) is 49.6 Å². The number of nitrogens with zero attached hydrogens (tertiary/aromatic N) is 5. The minimum Gasteiger partial charge on any atom is -0.480 e. The van der Waals surface area contributed by atoms with Gasteiger partial charge >= 0.3 is 5.97 Å². The Morgan fingerprint density at radius 2 is 1.16 bits per heavy atom. The monoisotopic (exact) mass is 1120 g/mol. The molecule has 8 amide bonds. The van der Waals surface area contributed by atoms with Gasteiger partial charge in [-0.3, -0.25) is 53.3 Å². The molecule has 0 bridgehead atoms. The Labute approximate surface area is 463 Å². The number of amides is 8. The van der Waals surface area contributed by atoms with Crippen molar-refractivity contribution in [2.75, 3.05) is 45.9 Å². The van der Waals surface area contributed by atoms with E-state index in [1.165, 1.54) is 9.80 Å². The van der Waals surface area contributed by atoms with Crippen LogP contribution in [0.2, 0.25) is 0 Å². The summed E-state index contributed by atoms with van der Waals surface area (Å²) in [6.45, 7) is 2.75. The maximum atomic E-state index is 14.3. The summed E-state index contributed by atoms with van der Waals surface area (Å²) < 4.78 is 0. The Bertz CT molecular complexity index is 2560. The fourth-order valence-electron chi connectivity index (χ4n) is 9.42. The van der Waals surface area contributed by atoms with Crippen molar-refractivity contribution >= 4 is 82.0 Å².